The Morgan fingerprint density at radius 2 is 1.91 bits per heavy atom. The Hall–Kier alpha value is -3.11. The van der Waals surface area contributed by atoms with Crippen LogP contribution in [0.1, 0.15) is 39.5 Å². The summed E-state index contributed by atoms with van der Waals surface area (Å²) in [6.07, 6.45) is 4.27. The van der Waals surface area contributed by atoms with Crippen LogP contribution in [0.15, 0.2) is 29.1 Å². The number of aryl methyl sites for hydroxylation is 2. The quantitative estimate of drug-likeness (QED) is 0.480. The molecule has 9 nitrogen and oxygen atoms in total. The standard InChI is InChI=1S/C22H23N5O4S/c28-20-19-15-6-2-4-8-17(15)32-21(19)24-18(23-20)13-25-9-11-26(12-10-25)22(29)14-5-1-3-7-16(14)27(30)31/h1,3,5,7H,2,4,6,8-13H2,(H,23,24,28). The van der Waals surface area contributed by atoms with Gasteiger partial charge in [-0.25, -0.2) is 4.98 Å². The molecule has 32 heavy (non-hydrogen) atoms. The normalized spacial score (nSPS) is 16.8. The molecule has 2 aromatic heterocycles. The molecule has 5 rings (SSSR count). The molecule has 1 amide bonds. The first kappa shape index (κ1) is 20.8. The van der Waals surface area contributed by atoms with Crippen molar-refractivity contribution in [3.05, 3.63) is 66.6 Å². The number of hydrogen-bond acceptors (Lipinski definition) is 7. The minimum atomic E-state index is -0.524. The van der Waals surface area contributed by atoms with Crippen molar-refractivity contribution in [3.63, 3.8) is 0 Å². The smallest absolute Gasteiger partial charge is 0.282 e. The highest BCUT2D eigenvalue weighted by Crippen LogP contribution is 2.33. The van der Waals surface area contributed by atoms with Crippen LogP contribution >= 0.6 is 11.3 Å². The van der Waals surface area contributed by atoms with Gasteiger partial charge in [0, 0.05) is 37.1 Å². The SMILES string of the molecule is O=C(c1ccccc1[N+](=O)[O-])N1CCN(Cc2nc3sc4c(c3c(=O)[nH]2)CCCC4)CC1. The number of nitro groups is 1. The summed E-state index contributed by atoms with van der Waals surface area (Å²) < 4.78 is 0. The summed E-state index contributed by atoms with van der Waals surface area (Å²) in [5, 5.41) is 12.0. The van der Waals surface area contributed by atoms with Crippen molar-refractivity contribution >= 4 is 33.1 Å². The largest absolute Gasteiger partial charge is 0.336 e. The van der Waals surface area contributed by atoms with Crippen LogP contribution in [0.3, 0.4) is 0 Å². The van der Waals surface area contributed by atoms with Crippen LogP contribution in [0.2, 0.25) is 0 Å². The number of benzene rings is 1. The Balaban J connectivity index is 1.27. The molecule has 10 heteroatoms. The monoisotopic (exact) mass is 453 g/mol. The molecule has 1 N–H and O–H groups in total. The first-order chi connectivity index (χ1) is 15.5. The maximum atomic E-state index is 12.8. The maximum absolute atomic E-state index is 12.8. The summed E-state index contributed by atoms with van der Waals surface area (Å²) in [7, 11) is 0. The van der Waals surface area contributed by atoms with E-state index >= 15 is 0 Å². The number of carbonyl (C=O) groups excluding carboxylic acids is 1. The minimum absolute atomic E-state index is 0.0606. The number of amides is 1. The summed E-state index contributed by atoms with van der Waals surface area (Å²) in [6.45, 7) is 2.64. The number of carbonyl (C=O) groups is 1. The number of aromatic nitrogens is 2. The van der Waals surface area contributed by atoms with Crippen LogP contribution in [0.4, 0.5) is 5.69 Å². The topological polar surface area (TPSA) is 112 Å². The average molecular weight is 454 g/mol. The molecule has 0 atom stereocenters. The Labute approximate surface area is 187 Å². The fourth-order valence-corrected chi connectivity index (χ4v) is 5.87. The first-order valence-corrected chi connectivity index (χ1v) is 11.6. The maximum Gasteiger partial charge on any atom is 0.282 e. The van der Waals surface area contributed by atoms with Crippen molar-refractivity contribution in [2.24, 2.45) is 0 Å². The fraction of sp³-hybridized carbons (Fsp3) is 0.409. The highest BCUT2D eigenvalue weighted by molar-refractivity contribution is 7.18. The van der Waals surface area contributed by atoms with Crippen LogP contribution in [0, 0.1) is 10.1 Å². The molecule has 0 radical (unpaired) electrons. The first-order valence-electron chi connectivity index (χ1n) is 10.8. The van der Waals surface area contributed by atoms with Gasteiger partial charge in [-0.1, -0.05) is 12.1 Å². The van der Waals surface area contributed by atoms with E-state index in [9.17, 15) is 19.7 Å². The number of H-pyrrole nitrogens is 1. The van der Waals surface area contributed by atoms with Crippen LogP contribution in [-0.4, -0.2) is 56.8 Å². The molecule has 0 unspecified atom stereocenters. The van der Waals surface area contributed by atoms with E-state index in [1.54, 1.807) is 28.4 Å². The van der Waals surface area contributed by atoms with E-state index in [-0.39, 0.29) is 22.7 Å². The van der Waals surface area contributed by atoms with E-state index in [0.29, 0.717) is 38.5 Å². The van der Waals surface area contributed by atoms with Gasteiger partial charge in [0.2, 0.25) is 0 Å². The molecule has 0 bridgehead atoms. The second-order valence-corrected chi connectivity index (χ2v) is 9.33. The molecular weight excluding hydrogens is 430 g/mol. The zero-order valence-electron chi connectivity index (χ0n) is 17.5. The van der Waals surface area contributed by atoms with Crippen molar-refractivity contribution in [1.82, 2.24) is 19.8 Å². The van der Waals surface area contributed by atoms with E-state index in [0.717, 1.165) is 29.5 Å². The Bertz CT molecular complexity index is 1260. The average Bonchev–Trinajstić information content (AvgIpc) is 3.18. The van der Waals surface area contributed by atoms with Gasteiger partial charge in [0.15, 0.2) is 0 Å². The number of rotatable bonds is 4. The summed E-state index contributed by atoms with van der Waals surface area (Å²) in [6, 6.07) is 6.04. The van der Waals surface area contributed by atoms with Crippen molar-refractivity contribution in [2.45, 2.75) is 32.2 Å². The molecule has 0 saturated carbocycles. The number of fused-ring (bicyclic) bond motifs is 3. The number of aromatic amines is 1. The lowest BCUT2D eigenvalue weighted by atomic mass is 9.97. The second-order valence-electron chi connectivity index (χ2n) is 8.25. The second kappa shape index (κ2) is 8.44. The van der Waals surface area contributed by atoms with Crippen molar-refractivity contribution in [2.75, 3.05) is 26.2 Å². The number of hydrogen-bond donors (Lipinski definition) is 1. The molecule has 1 fully saturated rings. The van der Waals surface area contributed by atoms with Crippen LogP contribution in [0.5, 0.6) is 0 Å². The highest BCUT2D eigenvalue weighted by atomic mass is 32.1. The Kier molecular flexibility index (Phi) is 5.48. The number of nitrogens with one attached hydrogen (secondary N) is 1. The zero-order chi connectivity index (χ0) is 22.2. The van der Waals surface area contributed by atoms with Gasteiger partial charge < -0.3 is 9.88 Å². The van der Waals surface area contributed by atoms with Gasteiger partial charge in [-0.2, -0.15) is 0 Å². The Morgan fingerprint density at radius 1 is 1.16 bits per heavy atom. The minimum Gasteiger partial charge on any atom is -0.336 e. The van der Waals surface area contributed by atoms with E-state index in [1.165, 1.54) is 29.0 Å². The predicted molar refractivity (Wildman–Crippen MR) is 121 cm³/mol. The molecule has 3 heterocycles. The van der Waals surface area contributed by atoms with Gasteiger partial charge in [-0.3, -0.25) is 24.6 Å². The third kappa shape index (κ3) is 3.80. The molecular formula is C22H23N5O4S. The van der Waals surface area contributed by atoms with Gasteiger partial charge in [0.1, 0.15) is 16.2 Å². The molecule has 0 spiro atoms. The van der Waals surface area contributed by atoms with E-state index in [2.05, 4.69) is 9.88 Å². The van der Waals surface area contributed by atoms with E-state index in [4.69, 9.17) is 4.98 Å². The van der Waals surface area contributed by atoms with Gasteiger partial charge in [-0.15, -0.1) is 11.3 Å². The van der Waals surface area contributed by atoms with Gasteiger partial charge in [0.25, 0.3) is 17.2 Å². The third-order valence-electron chi connectivity index (χ3n) is 6.24. The van der Waals surface area contributed by atoms with Gasteiger partial charge >= 0.3 is 0 Å². The number of para-hydroxylation sites is 1. The van der Waals surface area contributed by atoms with Crippen LogP contribution < -0.4 is 5.56 Å². The number of nitrogens with zero attached hydrogens (tertiary/aromatic N) is 4. The molecule has 3 aromatic rings. The highest BCUT2D eigenvalue weighted by Gasteiger charge is 2.27. The predicted octanol–water partition coefficient (Wildman–Crippen LogP) is 2.73. The summed E-state index contributed by atoms with van der Waals surface area (Å²) in [5.41, 5.74) is 1.06. The molecule has 1 saturated heterocycles. The number of nitro benzene ring substituents is 1. The molecule has 1 aliphatic carbocycles. The Morgan fingerprint density at radius 3 is 2.69 bits per heavy atom. The number of piperazine rings is 1. The molecule has 2 aliphatic rings. The fourth-order valence-electron chi connectivity index (χ4n) is 4.59. The lowest BCUT2D eigenvalue weighted by molar-refractivity contribution is -0.385. The molecule has 1 aliphatic heterocycles. The third-order valence-corrected chi connectivity index (χ3v) is 7.42. The molecule has 1 aromatic carbocycles. The van der Waals surface area contributed by atoms with Crippen molar-refractivity contribution < 1.29 is 9.72 Å². The van der Waals surface area contributed by atoms with Crippen LogP contribution in [0.25, 0.3) is 10.2 Å². The van der Waals surface area contributed by atoms with Crippen molar-refractivity contribution in [1.29, 1.82) is 0 Å². The zero-order valence-corrected chi connectivity index (χ0v) is 18.3. The molecule has 166 valence electrons. The van der Waals surface area contributed by atoms with Gasteiger partial charge in [-0.05, 0) is 37.3 Å². The van der Waals surface area contributed by atoms with E-state index in [1.807, 2.05) is 0 Å². The summed E-state index contributed by atoms with van der Waals surface area (Å²) in [5.74, 6) is 0.314. The van der Waals surface area contributed by atoms with Gasteiger partial charge in [0.05, 0.1) is 16.9 Å². The van der Waals surface area contributed by atoms with E-state index < -0.39 is 4.92 Å². The van der Waals surface area contributed by atoms with Crippen LogP contribution in [-0.2, 0) is 19.4 Å². The lowest BCUT2D eigenvalue weighted by Crippen LogP contribution is -2.48. The lowest BCUT2D eigenvalue weighted by Gasteiger charge is -2.34. The summed E-state index contributed by atoms with van der Waals surface area (Å²) in [4.78, 5) is 49.9. The number of thiophene rings is 1. The van der Waals surface area contributed by atoms with Crippen molar-refractivity contribution in [3.8, 4) is 0 Å². The summed E-state index contributed by atoms with van der Waals surface area (Å²) >= 11 is 1.64.